The molecule has 1 unspecified atom stereocenters. The Morgan fingerprint density at radius 1 is 1.21 bits per heavy atom. The van der Waals surface area contributed by atoms with Crippen molar-refractivity contribution in [2.45, 2.75) is 44.8 Å². The first-order chi connectivity index (χ1) is 14.0. The van der Waals surface area contributed by atoms with Crippen LogP contribution in [0.1, 0.15) is 30.9 Å². The van der Waals surface area contributed by atoms with Crippen molar-refractivity contribution < 1.29 is 13.9 Å². The highest BCUT2D eigenvalue weighted by atomic mass is 19.1. The zero-order chi connectivity index (χ0) is 20.4. The molecule has 2 aromatic carbocycles. The first-order valence-corrected chi connectivity index (χ1v) is 10.3. The maximum absolute atomic E-state index is 13.9. The van der Waals surface area contributed by atoms with Gasteiger partial charge in [0.1, 0.15) is 0 Å². The summed E-state index contributed by atoms with van der Waals surface area (Å²) in [5.41, 5.74) is 3.20. The molecule has 1 fully saturated rings. The number of piperidine rings is 1. The minimum absolute atomic E-state index is 0.00174. The lowest BCUT2D eigenvalue weighted by atomic mass is 10.0. The number of anilines is 1. The zero-order valence-electron chi connectivity index (χ0n) is 17.0. The summed E-state index contributed by atoms with van der Waals surface area (Å²) in [6.07, 6.45) is 2.70. The molecule has 2 amide bonds. The van der Waals surface area contributed by atoms with E-state index in [1.54, 1.807) is 12.1 Å². The van der Waals surface area contributed by atoms with E-state index in [1.165, 1.54) is 12.7 Å². The SMILES string of the molecule is COc1ccc(CN2CCC(NC(=O)N3c4ccccc4CC3C)CC2)cc1F. The minimum Gasteiger partial charge on any atom is -0.494 e. The average molecular weight is 397 g/mol. The number of fused-ring (bicyclic) bond motifs is 1. The Morgan fingerprint density at radius 2 is 1.97 bits per heavy atom. The van der Waals surface area contributed by atoms with Gasteiger partial charge in [0.2, 0.25) is 0 Å². The monoisotopic (exact) mass is 397 g/mol. The molecule has 0 spiro atoms. The Labute approximate surface area is 171 Å². The normalized spacial score (nSPS) is 19.8. The molecule has 1 N–H and O–H groups in total. The van der Waals surface area contributed by atoms with Gasteiger partial charge in [-0.1, -0.05) is 24.3 Å². The van der Waals surface area contributed by atoms with Crippen LogP contribution in [-0.2, 0) is 13.0 Å². The highest BCUT2D eigenvalue weighted by molar-refractivity contribution is 5.95. The molecule has 2 aliphatic rings. The predicted molar refractivity (Wildman–Crippen MR) is 112 cm³/mol. The Kier molecular flexibility index (Phi) is 5.72. The summed E-state index contributed by atoms with van der Waals surface area (Å²) in [6, 6.07) is 13.6. The number of rotatable bonds is 4. The number of carbonyl (C=O) groups is 1. The van der Waals surface area contributed by atoms with Gasteiger partial charge in [0.15, 0.2) is 11.6 Å². The molecule has 2 aromatic rings. The molecule has 1 saturated heterocycles. The standard InChI is InChI=1S/C23H28FN3O2/c1-16-13-18-5-3-4-6-21(18)27(16)23(28)25-19-9-11-26(12-10-19)15-17-7-8-22(29-2)20(24)14-17/h3-8,14,16,19H,9-13,15H2,1-2H3,(H,25,28). The molecular weight excluding hydrogens is 369 g/mol. The number of hydrogen-bond donors (Lipinski definition) is 1. The molecule has 0 saturated carbocycles. The number of para-hydroxylation sites is 1. The van der Waals surface area contributed by atoms with Gasteiger partial charge in [0.05, 0.1) is 7.11 Å². The summed E-state index contributed by atoms with van der Waals surface area (Å²) in [5.74, 6) is -0.0555. The molecule has 6 heteroatoms. The van der Waals surface area contributed by atoms with Crippen LogP contribution in [0.15, 0.2) is 42.5 Å². The highest BCUT2D eigenvalue weighted by Crippen LogP contribution is 2.32. The molecule has 29 heavy (non-hydrogen) atoms. The second-order valence-electron chi connectivity index (χ2n) is 8.02. The lowest BCUT2D eigenvalue weighted by Crippen LogP contribution is -2.50. The van der Waals surface area contributed by atoms with Crippen LogP contribution in [0.4, 0.5) is 14.9 Å². The van der Waals surface area contributed by atoms with Gasteiger partial charge in [-0.05, 0) is 55.5 Å². The molecule has 0 aliphatic carbocycles. The van der Waals surface area contributed by atoms with Crippen LogP contribution < -0.4 is 15.0 Å². The molecule has 154 valence electrons. The number of nitrogens with zero attached hydrogens (tertiary/aromatic N) is 2. The fourth-order valence-corrected chi connectivity index (χ4v) is 4.42. The minimum atomic E-state index is -0.327. The number of ether oxygens (including phenoxy) is 1. The van der Waals surface area contributed by atoms with Crippen LogP contribution in [0.3, 0.4) is 0 Å². The maximum Gasteiger partial charge on any atom is 0.322 e. The van der Waals surface area contributed by atoms with Gasteiger partial charge in [-0.3, -0.25) is 9.80 Å². The van der Waals surface area contributed by atoms with Crippen LogP contribution in [-0.4, -0.2) is 43.2 Å². The van der Waals surface area contributed by atoms with E-state index in [0.29, 0.717) is 6.54 Å². The average Bonchev–Trinajstić information content (AvgIpc) is 3.05. The van der Waals surface area contributed by atoms with E-state index in [2.05, 4.69) is 23.2 Å². The summed E-state index contributed by atoms with van der Waals surface area (Å²) < 4.78 is 18.9. The first-order valence-electron chi connectivity index (χ1n) is 10.3. The fourth-order valence-electron chi connectivity index (χ4n) is 4.42. The number of carbonyl (C=O) groups excluding carboxylic acids is 1. The van der Waals surface area contributed by atoms with E-state index in [9.17, 15) is 9.18 Å². The number of halogens is 1. The van der Waals surface area contributed by atoms with Gasteiger partial charge < -0.3 is 10.1 Å². The van der Waals surface area contributed by atoms with Crippen molar-refractivity contribution in [3.63, 3.8) is 0 Å². The number of likely N-dealkylation sites (tertiary alicyclic amines) is 1. The van der Waals surface area contributed by atoms with Gasteiger partial charge in [-0.25, -0.2) is 9.18 Å². The summed E-state index contributed by atoms with van der Waals surface area (Å²) in [4.78, 5) is 17.1. The Bertz CT molecular complexity index is 880. The van der Waals surface area contributed by atoms with Crippen molar-refractivity contribution >= 4 is 11.7 Å². The van der Waals surface area contributed by atoms with E-state index in [0.717, 1.165) is 43.6 Å². The van der Waals surface area contributed by atoms with Gasteiger partial charge in [0.25, 0.3) is 0 Å². The van der Waals surface area contributed by atoms with E-state index in [4.69, 9.17) is 4.74 Å². The van der Waals surface area contributed by atoms with Crippen LogP contribution in [0, 0.1) is 5.82 Å². The van der Waals surface area contributed by atoms with Gasteiger partial charge in [-0.15, -0.1) is 0 Å². The number of benzene rings is 2. The zero-order valence-corrected chi connectivity index (χ0v) is 17.0. The lowest BCUT2D eigenvalue weighted by Gasteiger charge is -2.34. The van der Waals surface area contributed by atoms with Crippen molar-refractivity contribution in [1.29, 1.82) is 0 Å². The first kappa shape index (κ1) is 19.7. The smallest absolute Gasteiger partial charge is 0.322 e. The molecule has 4 rings (SSSR count). The second-order valence-corrected chi connectivity index (χ2v) is 8.02. The van der Waals surface area contributed by atoms with Crippen molar-refractivity contribution in [2.75, 3.05) is 25.1 Å². The van der Waals surface area contributed by atoms with Crippen LogP contribution >= 0.6 is 0 Å². The van der Waals surface area contributed by atoms with E-state index in [-0.39, 0.29) is 29.7 Å². The fraction of sp³-hybridized carbons (Fsp3) is 0.435. The molecule has 5 nitrogen and oxygen atoms in total. The number of nitrogens with one attached hydrogen (secondary N) is 1. The van der Waals surface area contributed by atoms with Crippen LogP contribution in [0.5, 0.6) is 5.75 Å². The lowest BCUT2D eigenvalue weighted by molar-refractivity contribution is 0.188. The van der Waals surface area contributed by atoms with Crippen molar-refractivity contribution in [2.24, 2.45) is 0 Å². The van der Waals surface area contributed by atoms with E-state index in [1.807, 2.05) is 29.2 Å². The van der Waals surface area contributed by atoms with Crippen LogP contribution in [0.25, 0.3) is 0 Å². The Balaban J connectivity index is 1.30. The third-order valence-electron chi connectivity index (χ3n) is 5.96. The molecule has 0 aromatic heterocycles. The quantitative estimate of drug-likeness (QED) is 0.849. The summed E-state index contributed by atoms with van der Waals surface area (Å²) >= 11 is 0. The van der Waals surface area contributed by atoms with E-state index < -0.39 is 0 Å². The Hall–Kier alpha value is -2.60. The van der Waals surface area contributed by atoms with Gasteiger partial charge >= 0.3 is 6.03 Å². The summed E-state index contributed by atoms with van der Waals surface area (Å²) in [7, 11) is 1.47. The van der Waals surface area contributed by atoms with Crippen molar-refractivity contribution in [1.82, 2.24) is 10.2 Å². The maximum atomic E-state index is 13.9. The Morgan fingerprint density at radius 3 is 2.69 bits per heavy atom. The number of hydrogen-bond acceptors (Lipinski definition) is 3. The van der Waals surface area contributed by atoms with E-state index >= 15 is 0 Å². The predicted octanol–water partition coefficient (Wildman–Crippen LogP) is 3.96. The molecule has 2 aliphatic heterocycles. The third kappa shape index (κ3) is 4.22. The second kappa shape index (κ2) is 8.41. The van der Waals surface area contributed by atoms with Crippen LogP contribution in [0.2, 0.25) is 0 Å². The van der Waals surface area contributed by atoms with Crippen molar-refractivity contribution in [3.05, 3.63) is 59.4 Å². The molecule has 1 atom stereocenters. The highest BCUT2D eigenvalue weighted by Gasteiger charge is 2.32. The summed E-state index contributed by atoms with van der Waals surface area (Å²) in [6.45, 7) is 4.56. The third-order valence-corrected chi connectivity index (χ3v) is 5.96. The largest absolute Gasteiger partial charge is 0.494 e. The van der Waals surface area contributed by atoms with Crippen molar-refractivity contribution in [3.8, 4) is 5.75 Å². The molecular formula is C23H28FN3O2. The topological polar surface area (TPSA) is 44.8 Å². The van der Waals surface area contributed by atoms with Gasteiger partial charge in [0, 0.05) is 37.4 Å². The molecule has 2 heterocycles. The molecule has 0 bridgehead atoms. The number of urea groups is 1. The summed E-state index contributed by atoms with van der Waals surface area (Å²) in [5, 5.41) is 3.22. The number of amides is 2. The van der Waals surface area contributed by atoms with Gasteiger partial charge in [-0.2, -0.15) is 0 Å². The number of methoxy groups -OCH3 is 1. The molecule has 0 radical (unpaired) electrons.